The predicted molar refractivity (Wildman–Crippen MR) is 79.3 cm³/mol. The van der Waals surface area contributed by atoms with Gasteiger partial charge in [-0.3, -0.25) is 0 Å². The van der Waals surface area contributed by atoms with Crippen LogP contribution in [0.1, 0.15) is 18.9 Å². The molecule has 124 valence electrons. The minimum Gasteiger partial charge on any atom is -0.463 e. The summed E-state index contributed by atoms with van der Waals surface area (Å²) < 4.78 is 42.6. The topological polar surface area (TPSA) is 46.5 Å². The molecule has 1 aromatic carbocycles. The Labute approximate surface area is 132 Å². The highest BCUT2D eigenvalue weighted by Crippen LogP contribution is 2.28. The second kappa shape index (κ2) is 9.01. The van der Waals surface area contributed by atoms with Gasteiger partial charge in [0.05, 0.1) is 6.61 Å². The minimum absolute atomic E-state index is 0.115. The summed E-state index contributed by atoms with van der Waals surface area (Å²) in [6.45, 7) is 1.70. The van der Waals surface area contributed by atoms with Crippen LogP contribution >= 0.6 is 0 Å². The van der Waals surface area contributed by atoms with Crippen molar-refractivity contribution >= 4 is 5.97 Å². The lowest BCUT2D eigenvalue weighted by molar-refractivity contribution is -0.214. The molecule has 0 aliphatic rings. The van der Waals surface area contributed by atoms with Crippen molar-refractivity contribution in [1.29, 1.82) is 0 Å². The van der Waals surface area contributed by atoms with E-state index in [1.807, 2.05) is 0 Å². The van der Waals surface area contributed by atoms with E-state index >= 15 is 0 Å². The standard InChI is InChI=1S/C17H17F3O3/c1-2-23-15(21)12-11-14(16(22)17(18,19)20)10-6-9-13-7-4-3-5-8-13/h3-5,7-8,11-12,14,16,22H,2,10H2,1H3/b12-11+/t14-,16-/m1/s1. The number of aliphatic hydroxyl groups excluding tert-OH is 1. The monoisotopic (exact) mass is 326 g/mol. The predicted octanol–water partition coefficient (Wildman–Crippen LogP) is 3.09. The summed E-state index contributed by atoms with van der Waals surface area (Å²) in [4.78, 5) is 11.2. The Balaban J connectivity index is 2.83. The molecular weight excluding hydrogens is 309 g/mol. The summed E-state index contributed by atoms with van der Waals surface area (Å²) in [5, 5.41) is 9.39. The van der Waals surface area contributed by atoms with Gasteiger partial charge in [0.15, 0.2) is 6.10 Å². The van der Waals surface area contributed by atoms with Gasteiger partial charge in [0, 0.05) is 24.0 Å². The number of hydrogen-bond acceptors (Lipinski definition) is 3. The molecule has 0 fully saturated rings. The molecule has 0 saturated heterocycles. The van der Waals surface area contributed by atoms with Crippen molar-refractivity contribution in [1.82, 2.24) is 0 Å². The van der Waals surface area contributed by atoms with Crippen LogP contribution in [0.3, 0.4) is 0 Å². The molecule has 0 unspecified atom stereocenters. The first-order valence-electron chi connectivity index (χ1n) is 6.98. The first kappa shape index (κ1) is 18.8. The van der Waals surface area contributed by atoms with Crippen molar-refractivity contribution in [2.45, 2.75) is 25.6 Å². The number of hydrogen-bond donors (Lipinski definition) is 1. The van der Waals surface area contributed by atoms with Crippen molar-refractivity contribution in [3.05, 3.63) is 48.0 Å². The summed E-state index contributed by atoms with van der Waals surface area (Å²) in [6, 6.07) is 8.75. The van der Waals surface area contributed by atoms with E-state index in [4.69, 9.17) is 0 Å². The Kier molecular flexibility index (Phi) is 7.36. The summed E-state index contributed by atoms with van der Waals surface area (Å²) in [5.41, 5.74) is 0.655. The molecule has 1 aromatic rings. The van der Waals surface area contributed by atoms with Gasteiger partial charge in [-0.25, -0.2) is 4.79 Å². The maximum atomic E-state index is 12.7. The van der Waals surface area contributed by atoms with Gasteiger partial charge in [-0.2, -0.15) is 13.2 Å². The SMILES string of the molecule is CCOC(=O)/C=C/[C@@H](CC#Cc1ccccc1)[C@@H](O)C(F)(F)F. The zero-order valence-corrected chi connectivity index (χ0v) is 12.5. The van der Waals surface area contributed by atoms with E-state index in [1.54, 1.807) is 37.3 Å². The minimum atomic E-state index is -4.79. The summed E-state index contributed by atoms with van der Waals surface area (Å²) in [6.07, 6.45) is -5.77. The van der Waals surface area contributed by atoms with Gasteiger partial charge in [-0.05, 0) is 19.1 Å². The number of rotatable bonds is 5. The molecule has 3 nitrogen and oxygen atoms in total. The molecule has 1 N–H and O–H groups in total. The van der Waals surface area contributed by atoms with Crippen LogP contribution in [0.2, 0.25) is 0 Å². The molecule has 23 heavy (non-hydrogen) atoms. The fourth-order valence-electron chi connectivity index (χ4n) is 1.71. The number of esters is 1. The number of aliphatic hydroxyl groups is 1. The average molecular weight is 326 g/mol. The molecule has 0 spiro atoms. The van der Waals surface area contributed by atoms with Crippen molar-refractivity contribution < 1.29 is 27.8 Å². The number of carbonyl (C=O) groups is 1. The van der Waals surface area contributed by atoms with Crippen LogP contribution < -0.4 is 0 Å². The van der Waals surface area contributed by atoms with Crippen LogP contribution in [0, 0.1) is 17.8 Å². The molecular formula is C17H17F3O3. The van der Waals surface area contributed by atoms with E-state index in [2.05, 4.69) is 16.6 Å². The first-order valence-corrected chi connectivity index (χ1v) is 6.98. The van der Waals surface area contributed by atoms with E-state index in [0.717, 1.165) is 12.2 Å². The van der Waals surface area contributed by atoms with Gasteiger partial charge in [0.2, 0.25) is 0 Å². The number of carbonyl (C=O) groups excluding carboxylic acids is 1. The molecule has 0 bridgehead atoms. The first-order chi connectivity index (χ1) is 10.8. The van der Waals surface area contributed by atoms with Crippen LogP contribution in [0.5, 0.6) is 0 Å². The van der Waals surface area contributed by atoms with E-state index in [-0.39, 0.29) is 13.0 Å². The molecule has 0 aliphatic heterocycles. The van der Waals surface area contributed by atoms with Crippen LogP contribution in [0.25, 0.3) is 0 Å². The Morgan fingerprint density at radius 1 is 1.35 bits per heavy atom. The second-order valence-corrected chi connectivity index (χ2v) is 4.63. The van der Waals surface area contributed by atoms with Crippen LogP contribution in [-0.2, 0) is 9.53 Å². The Morgan fingerprint density at radius 3 is 2.57 bits per heavy atom. The number of halogens is 3. The Bertz CT molecular complexity index is 583. The van der Waals surface area contributed by atoms with Crippen molar-refractivity contribution in [3.63, 3.8) is 0 Å². The highest BCUT2D eigenvalue weighted by atomic mass is 19.4. The maximum absolute atomic E-state index is 12.7. The summed E-state index contributed by atoms with van der Waals surface area (Å²) in [7, 11) is 0. The van der Waals surface area contributed by atoms with E-state index in [0.29, 0.717) is 5.56 Å². The van der Waals surface area contributed by atoms with Gasteiger partial charge in [0.25, 0.3) is 0 Å². The van der Waals surface area contributed by atoms with Gasteiger partial charge < -0.3 is 9.84 Å². The lowest BCUT2D eigenvalue weighted by Gasteiger charge is -2.20. The number of alkyl halides is 3. The Morgan fingerprint density at radius 2 is 2.00 bits per heavy atom. The fourth-order valence-corrected chi connectivity index (χ4v) is 1.71. The van der Waals surface area contributed by atoms with E-state index < -0.39 is 24.2 Å². The summed E-state index contributed by atoms with van der Waals surface area (Å²) in [5.74, 6) is 3.20. The molecule has 0 saturated carbocycles. The maximum Gasteiger partial charge on any atom is 0.414 e. The molecule has 2 atom stereocenters. The van der Waals surface area contributed by atoms with Gasteiger partial charge in [0.1, 0.15) is 0 Å². The molecule has 0 radical (unpaired) electrons. The highest BCUT2D eigenvalue weighted by Gasteiger charge is 2.42. The molecule has 0 aliphatic carbocycles. The third-order valence-corrected chi connectivity index (χ3v) is 2.85. The fraction of sp³-hybridized carbons (Fsp3) is 0.353. The zero-order chi connectivity index (χ0) is 17.3. The highest BCUT2D eigenvalue weighted by molar-refractivity contribution is 5.81. The van der Waals surface area contributed by atoms with Crippen molar-refractivity contribution in [2.75, 3.05) is 6.61 Å². The van der Waals surface area contributed by atoms with Crippen molar-refractivity contribution in [2.24, 2.45) is 5.92 Å². The average Bonchev–Trinajstić information content (AvgIpc) is 2.50. The second-order valence-electron chi connectivity index (χ2n) is 4.63. The van der Waals surface area contributed by atoms with Crippen LogP contribution in [0.15, 0.2) is 42.5 Å². The third-order valence-electron chi connectivity index (χ3n) is 2.85. The third kappa shape index (κ3) is 7.02. The quantitative estimate of drug-likeness (QED) is 0.514. The number of benzene rings is 1. The molecule has 0 heterocycles. The van der Waals surface area contributed by atoms with E-state index in [9.17, 15) is 23.1 Å². The summed E-state index contributed by atoms with van der Waals surface area (Å²) >= 11 is 0. The van der Waals surface area contributed by atoms with E-state index in [1.165, 1.54) is 0 Å². The molecule has 0 aromatic heterocycles. The largest absolute Gasteiger partial charge is 0.463 e. The Hall–Kier alpha value is -2.26. The van der Waals surface area contributed by atoms with Crippen LogP contribution in [0.4, 0.5) is 13.2 Å². The lowest BCUT2D eigenvalue weighted by Crippen LogP contribution is -2.35. The molecule has 6 heteroatoms. The van der Waals surface area contributed by atoms with Crippen molar-refractivity contribution in [3.8, 4) is 11.8 Å². The lowest BCUT2D eigenvalue weighted by atomic mass is 9.97. The smallest absolute Gasteiger partial charge is 0.414 e. The molecule has 0 amide bonds. The zero-order valence-electron chi connectivity index (χ0n) is 12.5. The normalized spacial score (nSPS) is 14.0. The van der Waals surface area contributed by atoms with Gasteiger partial charge >= 0.3 is 12.1 Å². The van der Waals surface area contributed by atoms with Crippen LogP contribution in [-0.4, -0.2) is 30.0 Å². The van der Waals surface area contributed by atoms with Gasteiger partial charge in [-0.1, -0.05) is 36.1 Å². The van der Waals surface area contributed by atoms with Gasteiger partial charge in [-0.15, -0.1) is 0 Å². The molecule has 1 rings (SSSR count). The number of ether oxygens (including phenoxy) is 1.